The van der Waals surface area contributed by atoms with Crippen molar-refractivity contribution in [2.75, 3.05) is 13.2 Å². The number of Topliss-reactive ketones (excluding diaryl/α,β-unsaturated/α-hetero) is 1. The number of ether oxygens (including phenoxy) is 1. The molecule has 0 spiro atoms. The predicted octanol–water partition coefficient (Wildman–Crippen LogP) is 2.45. The van der Waals surface area contributed by atoms with Gasteiger partial charge in [-0.25, -0.2) is 0 Å². The highest BCUT2D eigenvalue weighted by Gasteiger charge is 2.60. The van der Waals surface area contributed by atoms with Crippen LogP contribution in [-0.2, 0) is 19.1 Å². The molecular formula is C22H25NO5. The van der Waals surface area contributed by atoms with Gasteiger partial charge in [0.25, 0.3) is 0 Å². The summed E-state index contributed by atoms with van der Waals surface area (Å²) in [5.74, 6) is -0.755. The van der Waals surface area contributed by atoms with E-state index in [1.165, 1.54) is 4.90 Å². The monoisotopic (exact) mass is 383 g/mol. The molecule has 1 aliphatic heterocycles. The lowest BCUT2D eigenvalue weighted by Crippen LogP contribution is -2.35. The third-order valence-electron chi connectivity index (χ3n) is 6.62. The van der Waals surface area contributed by atoms with E-state index in [2.05, 4.69) is 0 Å². The molecule has 0 aromatic heterocycles. The fourth-order valence-electron chi connectivity index (χ4n) is 5.23. The summed E-state index contributed by atoms with van der Waals surface area (Å²) in [7, 11) is 0. The zero-order chi connectivity index (χ0) is 20.0. The quantitative estimate of drug-likeness (QED) is 0.428. The molecule has 6 heteroatoms. The van der Waals surface area contributed by atoms with E-state index in [1.807, 2.05) is 26.0 Å². The topological polar surface area (TPSA) is 80.8 Å². The average Bonchev–Trinajstić information content (AvgIpc) is 3.34. The highest BCUT2D eigenvalue weighted by Crippen LogP contribution is 2.56. The molecule has 4 atom stereocenters. The molecule has 1 aromatic rings. The molecule has 3 aliphatic rings. The lowest BCUT2D eigenvalue weighted by molar-refractivity contribution is -0.145. The molecule has 4 rings (SSSR count). The maximum Gasteiger partial charge on any atom is 0.308 e. The summed E-state index contributed by atoms with van der Waals surface area (Å²) in [5, 5.41) is 0. The SMILES string of the molecule is Cc1ccc(C)c(C(=O)COC(=O)CCN2C(=O)[C@H]3[C@@H]4CC[C@@H](C4)[C@@H]3C2=O)c1. The maximum atomic E-state index is 12.6. The number of hydrogen-bond acceptors (Lipinski definition) is 5. The summed E-state index contributed by atoms with van der Waals surface area (Å²) in [6.07, 6.45) is 2.97. The van der Waals surface area contributed by atoms with Gasteiger partial charge in [-0.1, -0.05) is 17.7 Å². The first kappa shape index (κ1) is 18.8. The van der Waals surface area contributed by atoms with Crippen molar-refractivity contribution in [3.05, 3.63) is 34.9 Å². The van der Waals surface area contributed by atoms with Gasteiger partial charge in [0.1, 0.15) is 0 Å². The molecule has 1 aromatic carbocycles. The fourth-order valence-corrected chi connectivity index (χ4v) is 5.23. The zero-order valence-electron chi connectivity index (χ0n) is 16.3. The van der Waals surface area contributed by atoms with Gasteiger partial charge >= 0.3 is 5.97 Å². The van der Waals surface area contributed by atoms with E-state index in [0.29, 0.717) is 17.4 Å². The van der Waals surface area contributed by atoms with Crippen LogP contribution in [-0.4, -0.2) is 41.6 Å². The Hall–Kier alpha value is -2.50. The van der Waals surface area contributed by atoms with Crippen LogP contribution in [0.25, 0.3) is 0 Å². The van der Waals surface area contributed by atoms with Crippen LogP contribution in [0.3, 0.4) is 0 Å². The van der Waals surface area contributed by atoms with E-state index in [0.717, 1.165) is 30.4 Å². The van der Waals surface area contributed by atoms with Crippen LogP contribution in [0, 0.1) is 37.5 Å². The fraction of sp³-hybridized carbons (Fsp3) is 0.545. The first-order valence-electron chi connectivity index (χ1n) is 9.98. The van der Waals surface area contributed by atoms with E-state index in [9.17, 15) is 19.2 Å². The highest BCUT2D eigenvalue weighted by atomic mass is 16.5. The summed E-state index contributed by atoms with van der Waals surface area (Å²) < 4.78 is 5.09. The van der Waals surface area contributed by atoms with Gasteiger partial charge < -0.3 is 4.74 Å². The summed E-state index contributed by atoms with van der Waals surface area (Å²) in [4.78, 5) is 50.8. The van der Waals surface area contributed by atoms with Gasteiger partial charge in [-0.05, 0) is 56.6 Å². The Kier molecular flexibility index (Phi) is 4.81. The second-order valence-electron chi connectivity index (χ2n) is 8.37. The van der Waals surface area contributed by atoms with Crippen LogP contribution >= 0.6 is 0 Å². The number of amides is 2. The molecule has 0 radical (unpaired) electrons. The number of fused-ring (bicyclic) bond motifs is 5. The average molecular weight is 383 g/mol. The Morgan fingerprint density at radius 2 is 1.71 bits per heavy atom. The lowest BCUT2D eigenvalue weighted by Gasteiger charge is -2.19. The highest BCUT2D eigenvalue weighted by molar-refractivity contribution is 6.06. The standard InChI is InChI=1S/C22H25NO5/c1-12-3-4-13(2)16(9-12)17(24)11-28-18(25)7-8-23-21(26)19-14-5-6-15(10-14)20(19)22(23)27/h3-4,9,14-15,19-20H,5-8,10-11H2,1-2H3/t14-,15+,19-,20-/m0/s1. The molecule has 0 N–H and O–H groups in total. The number of likely N-dealkylation sites (tertiary alicyclic amines) is 1. The number of rotatable bonds is 6. The van der Waals surface area contributed by atoms with Gasteiger partial charge in [0.15, 0.2) is 6.61 Å². The van der Waals surface area contributed by atoms with Gasteiger partial charge in [0.2, 0.25) is 17.6 Å². The molecule has 2 bridgehead atoms. The molecule has 1 saturated heterocycles. The third kappa shape index (κ3) is 3.15. The molecule has 1 heterocycles. The second-order valence-corrected chi connectivity index (χ2v) is 8.37. The number of benzene rings is 1. The van der Waals surface area contributed by atoms with Crippen molar-refractivity contribution in [2.24, 2.45) is 23.7 Å². The van der Waals surface area contributed by atoms with Crippen LogP contribution in [0.15, 0.2) is 18.2 Å². The smallest absolute Gasteiger partial charge is 0.308 e. The number of aryl methyl sites for hydroxylation is 2. The molecular weight excluding hydrogens is 358 g/mol. The van der Waals surface area contributed by atoms with Crippen molar-refractivity contribution in [3.8, 4) is 0 Å². The Morgan fingerprint density at radius 3 is 2.36 bits per heavy atom. The number of ketones is 1. The van der Waals surface area contributed by atoms with E-state index in [4.69, 9.17) is 4.74 Å². The molecule has 28 heavy (non-hydrogen) atoms. The molecule has 148 valence electrons. The Morgan fingerprint density at radius 1 is 1.07 bits per heavy atom. The molecule has 6 nitrogen and oxygen atoms in total. The zero-order valence-corrected chi connectivity index (χ0v) is 16.3. The van der Waals surface area contributed by atoms with Crippen molar-refractivity contribution in [2.45, 2.75) is 39.5 Å². The first-order valence-corrected chi connectivity index (χ1v) is 9.98. The number of imide groups is 1. The van der Waals surface area contributed by atoms with Crippen molar-refractivity contribution >= 4 is 23.6 Å². The Labute approximate surface area is 164 Å². The molecule has 2 saturated carbocycles. The van der Waals surface area contributed by atoms with Crippen LogP contribution in [0.2, 0.25) is 0 Å². The minimum atomic E-state index is -0.570. The van der Waals surface area contributed by atoms with Crippen molar-refractivity contribution in [1.29, 1.82) is 0 Å². The molecule has 2 aliphatic carbocycles. The summed E-state index contributed by atoms with van der Waals surface area (Å²) >= 11 is 0. The number of carbonyl (C=O) groups excluding carboxylic acids is 4. The molecule has 2 amide bonds. The predicted molar refractivity (Wildman–Crippen MR) is 100 cm³/mol. The van der Waals surface area contributed by atoms with Gasteiger partial charge in [-0.3, -0.25) is 24.1 Å². The second kappa shape index (κ2) is 7.15. The normalized spacial score (nSPS) is 28.0. The largest absolute Gasteiger partial charge is 0.457 e. The van der Waals surface area contributed by atoms with E-state index in [1.54, 1.807) is 6.07 Å². The van der Waals surface area contributed by atoms with E-state index < -0.39 is 5.97 Å². The summed E-state index contributed by atoms with van der Waals surface area (Å²) in [6.45, 7) is 3.44. The van der Waals surface area contributed by atoms with Crippen molar-refractivity contribution < 1.29 is 23.9 Å². The van der Waals surface area contributed by atoms with Crippen molar-refractivity contribution in [3.63, 3.8) is 0 Å². The first-order chi connectivity index (χ1) is 13.4. The van der Waals surface area contributed by atoms with E-state index in [-0.39, 0.29) is 49.0 Å². The van der Waals surface area contributed by atoms with Gasteiger partial charge in [0, 0.05) is 12.1 Å². The minimum absolute atomic E-state index is 0.0423. The third-order valence-corrected chi connectivity index (χ3v) is 6.62. The minimum Gasteiger partial charge on any atom is -0.457 e. The van der Waals surface area contributed by atoms with Crippen LogP contribution < -0.4 is 0 Å². The number of nitrogens with zero attached hydrogens (tertiary/aromatic N) is 1. The van der Waals surface area contributed by atoms with Crippen LogP contribution in [0.4, 0.5) is 0 Å². The summed E-state index contributed by atoms with van der Waals surface area (Å²) in [6, 6.07) is 5.56. The van der Waals surface area contributed by atoms with Crippen LogP contribution in [0.5, 0.6) is 0 Å². The molecule has 3 fully saturated rings. The molecule has 0 unspecified atom stereocenters. The number of esters is 1. The van der Waals surface area contributed by atoms with E-state index >= 15 is 0 Å². The Balaban J connectivity index is 1.29. The maximum absolute atomic E-state index is 12.6. The van der Waals surface area contributed by atoms with Crippen LogP contribution in [0.1, 0.15) is 47.2 Å². The number of carbonyl (C=O) groups is 4. The summed E-state index contributed by atoms with van der Waals surface area (Å²) in [5.41, 5.74) is 2.34. The number of hydrogen-bond donors (Lipinski definition) is 0. The van der Waals surface area contributed by atoms with Gasteiger partial charge in [-0.2, -0.15) is 0 Å². The van der Waals surface area contributed by atoms with Gasteiger partial charge in [0.05, 0.1) is 18.3 Å². The van der Waals surface area contributed by atoms with Crippen molar-refractivity contribution in [1.82, 2.24) is 4.90 Å². The Bertz CT molecular complexity index is 832. The lowest BCUT2D eigenvalue weighted by atomic mass is 9.81. The van der Waals surface area contributed by atoms with Gasteiger partial charge in [-0.15, -0.1) is 0 Å².